The van der Waals surface area contributed by atoms with Crippen molar-refractivity contribution in [2.45, 2.75) is 31.5 Å². The Hall–Kier alpha value is -2.05. The molecule has 3 nitrogen and oxygen atoms in total. The number of hydrogen-bond acceptors (Lipinski definition) is 3. The van der Waals surface area contributed by atoms with Crippen LogP contribution in [0.15, 0.2) is 48.5 Å². The molecular weight excluding hydrogens is 307 g/mol. The summed E-state index contributed by atoms with van der Waals surface area (Å²) < 4.78 is 40.7. The largest absolute Gasteiger partial charge is 0.573 e. The van der Waals surface area contributed by atoms with E-state index in [1.54, 1.807) is 6.07 Å². The number of ether oxygens (including phenoxy) is 1. The first-order valence-corrected chi connectivity index (χ1v) is 7.26. The van der Waals surface area contributed by atoms with Gasteiger partial charge in [0, 0.05) is 13.0 Å². The maximum absolute atomic E-state index is 12.3. The molecule has 0 radical (unpaired) electrons. The molecule has 1 aliphatic rings. The van der Waals surface area contributed by atoms with E-state index in [0.29, 0.717) is 18.5 Å². The maximum Gasteiger partial charge on any atom is 0.573 e. The van der Waals surface area contributed by atoms with E-state index < -0.39 is 12.5 Å². The Labute approximate surface area is 131 Å². The van der Waals surface area contributed by atoms with Crippen molar-refractivity contribution in [2.75, 3.05) is 0 Å². The second-order valence-electron chi connectivity index (χ2n) is 5.52. The third kappa shape index (κ3) is 3.83. The predicted octanol–water partition coefficient (Wildman–Crippen LogP) is 3.33. The summed E-state index contributed by atoms with van der Waals surface area (Å²) >= 11 is 0. The zero-order valence-corrected chi connectivity index (χ0v) is 12.2. The fourth-order valence-corrected chi connectivity index (χ4v) is 2.90. The molecule has 0 bridgehead atoms. The lowest BCUT2D eigenvalue weighted by molar-refractivity contribution is -0.274. The highest BCUT2D eigenvalue weighted by Gasteiger charge is 2.32. The van der Waals surface area contributed by atoms with Crippen molar-refractivity contribution < 1.29 is 23.0 Å². The van der Waals surface area contributed by atoms with E-state index in [9.17, 15) is 18.3 Å². The zero-order chi connectivity index (χ0) is 16.4. The Morgan fingerprint density at radius 2 is 1.91 bits per heavy atom. The Balaban J connectivity index is 1.68. The normalized spacial score (nSPS) is 20.3. The van der Waals surface area contributed by atoms with Crippen LogP contribution in [0, 0.1) is 0 Å². The summed E-state index contributed by atoms with van der Waals surface area (Å²) in [4.78, 5) is 0. The van der Waals surface area contributed by atoms with E-state index in [1.165, 1.54) is 18.2 Å². The van der Waals surface area contributed by atoms with E-state index >= 15 is 0 Å². The summed E-state index contributed by atoms with van der Waals surface area (Å²) in [6, 6.07) is 13.4. The van der Waals surface area contributed by atoms with Crippen molar-refractivity contribution in [3.8, 4) is 5.75 Å². The fraction of sp³-hybridized carbons (Fsp3) is 0.294. The molecule has 2 N–H and O–H groups in total. The van der Waals surface area contributed by atoms with E-state index in [-0.39, 0.29) is 11.8 Å². The molecule has 0 aromatic heterocycles. The molecule has 0 saturated carbocycles. The average molecular weight is 323 g/mol. The third-order valence-corrected chi connectivity index (χ3v) is 3.86. The molecule has 2 unspecified atom stereocenters. The van der Waals surface area contributed by atoms with E-state index in [0.717, 1.165) is 11.1 Å². The maximum atomic E-state index is 12.3. The molecule has 0 spiro atoms. The van der Waals surface area contributed by atoms with Crippen LogP contribution in [0.1, 0.15) is 22.7 Å². The van der Waals surface area contributed by atoms with Gasteiger partial charge in [0.15, 0.2) is 0 Å². The summed E-state index contributed by atoms with van der Waals surface area (Å²) in [5.41, 5.74) is 2.78. The SMILES string of the molecule is OC1Cc2ccccc2C1NCc1cccc(OC(F)(F)F)c1. The zero-order valence-electron chi connectivity index (χ0n) is 12.2. The molecule has 2 atom stereocenters. The number of rotatable bonds is 4. The highest BCUT2D eigenvalue weighted by atomic mass is 19.4. The first kappa shape index (κ1) is 15.8. The fourth-order valence-electron chi connectivity index (χ4n) is 2.90. The number of halogens is 3. The topological polar surface area (TPSA) is 41.5 Å². The van der Waals surface area contributed by atoms with Crippen LogP contribution < -0.4 is 10.1 Å². The van der Waals surface area contributed by atoms with Crippen LogP contribution in [0.25, 0.3) is 0 Å². The second-order valence-corrected chi connectivity index (χ2v) is 5.52. The van der Waals surface area contributed by atoms with E-state index in [4.69, 9.17) is 0 Å². The number of hydrogen-bond donors (Lipinski definition) is 2. The monoisotopic (exact) mass is 323 g/mol. The van der Waals surface area contributed by atoms with Gasteiger partial charge in [-0.15, -0.1) is 13.2 Å². The minimum absolute atomic E-state index is 0.224. The third-order valence-electron chi connectivity index (χ3n) is 3.86. The Morgan fingerprint density at radius 1 is 1.13 bits per heavy atom. The van der Waals surface area contributed by atoms with Gasteiger partial charge in [-0.3, -0.25) is 0 Å². The number of nitrogens with one attached hydrogen (secondary N) is 1. The van der Waals surface area contributed by atoms with Gasteiger partial charge in [0.05, 0.1) is 12.1 Å². The van der Waals surface area contributed by atoms with Gasteiger partial charge in [0.25, 0.3) is 0 Å². The molecule has 0 heterocycles. The molecule has 3 rings (SSSR count). The quantitative estimate of drug-likeness (QED) is 0.907. The van der Waals surface area contributed by atoms with Gasteiger partial charge in [0.2, 0.25) is 0 Å². The van der Waals surface area contributed by atoms with Crippen molar-refractivity contribution >= 4 is 0 Å². The smallest absolute Gasteiger partial charge is 0.406 e. The molecule has 0 fully saturated rings. The van der Waals surface area contributed by atoms with Gasteiger partial charge < -0.3 is 15.2 Å². The molecule has 23 heavy (non-hydrogen) atoms. The number of aliphatic hydroxyl groups excluding tert-OH is 1. The molecule has 6 heteroatoms. The molecule has 0 amide bonds. The predicted molar refractivity (Wildman–Crippen MR) is 78.9 cm³/mol. The second kappa shape index (κ2) is 6.22. The number of fused-ring (bicyclic) bond motifs is 1. The molecule has 2 aromatic rings. The number of alkyl halides is 3. The Bertz CT molecular complexity index is 688. The Kier molecular flexibility index (Phi) is 4.28. The molecule has 1 aliphatic carbocycles. The minimum atomic E-state index is -4.70. The van der Waals surface area contributed by atoms with Crippen molar-refractivity contribution in [1.29, 1.82) is 0 Å². The van der Waals surface area contributed by atoms with Crippen molar-refractivity contribution in [3.63, 3.8) is 0 Å². The Morgan fingerprint density at radius 3 is 2.70 bits per heavy atom. The van der Waals surface area contributed by atoms with Gasteiger partial charge in [0.1, 0.15) is 5.75 Å². The highest BCUT2D eigenvalue weighted by Crippen LogP contribution is 2.31. The van der Waals surface area contributed by atoms with Gasteiger partial charge in [-0.2, -0.15) is 0 Å². The van der Waals surface area contributed by atoms with Crippen LogP contribution in [-0.2, 0) is 13.0 Å². The van der Waals surface area contributed by atoms with E-state index in [1.807, 2.05) is 24.3 Å². The summed E-state index contributed by atoms with van der Waals surface area (Å²) in [5.74, 6) is -0.246. The number of aliphatic hydroxyl groups is 1. The van der Waals surface area contributed by atoms with Gasteiger partial charge >= 0.3 is 6.36 Å². The molecule has 122 valence electrons. The van der Waals surface area contributed by atoms with Gasteiger partial charge in [-0.25, -0.2) is 0 Å². The van der Waals surface area contributed by atoms with Crippen LogP contribution in [0.5, 0.6) is 5.75 Å². The molecule has 0 saturated heterocycles. The minimum Gasteiger partial charge on any atom is -0.406 e. The highest BCUT2D eigenvalue weighted by molar-refractivity contribution is 5.36. The van der Waals surface area contributed by atoms with Crippen LogP contribution in [0.4, 0.5) is 13.2 Å². The molecular formula is C17H16F3NO2. The van der Waals surface area contributed by atoms with Crippen LogP contribution >= 0.6 is 0 Å². The van der Waals surface area contributed by atoms with Gasteiger partial charge in [-0.05, 0) is 28.8 Å². The van der Waals surface area contributed by atoms with Crippen molar-refractivity contribution in [2.24, 2.45) is 0 Å². The average Bonchev–Trinajstić information content (AvgIpc) is 2.79. The summed E-state index contributed by atoms with van der Waals surface area (Å²) in [5, 5.41) is 13.4. The lowest BCUT2D eigenvalue weighted by Gasteiger charge is -2.18. The van der Waals surface area contributed by atoms with Crippen LogP contribution in [-0.4, -0.2) is 17.6 Å². The summed E-state index contributed by atoms with van der Waals surface area (Å²) in [6.07, 6.45) is -4.67. The molecule has 2 aromatic carbocycles. The van der Waals surface area contributed by atoms with Gasteiger partial charge in [-0.1, -0.05) is 36.4 Å². The van der Waals surface area contributed by atoms with Crippen LogP contribution in [0.2, 0.25) is 0 Å². The summed E-state index contributed by atoms with van der Waals surface area (Å²) in [6.45, 7) is 0.338. The van der Waals surface area contributed by atoms with Crippen molar-refractivity contribution in [1.82, 2.24) is 5.32 Å². The summed E-state index contributed by atoms with van der Waals surface area (Å²) in [7, 11) is 0. The lowest BCUT2D eigenvalue weighted by atomic mass is 10.1. The first-order chi connectivity index (χ1) is 10.9. The standard InChI is InChI=1S/C17H16F3NO2/c18-17(19,20)23-13-6-3-4-11(8-13)10-21-16-14-7-2-1-5-12(14)9-15(16)22/h1-8,15-16,21-22H,9-10H2. The lowest BCUT2D eigenvalue weighted by Crippen LogP contribution is -2.28. The van der Waals surface area contributed by atoms with Crippen molar-refractivity contribution in [3.05, 3.63) is 65.2 Å². The first-order valence-electron chi connectivity index (χ1n) is 7.26. The molecule has 0 aliphatic heterocycles. The van der Waals surface area contributed by atoms with E-state index in [2.05, 4.69) is 10.1 Å². The number of benzene rings is 2. The van der Waals surface area contributed by atoms with Crippen LogP contribution in [0.3, 0.4) is 0 Å².